The van der Waals surface area contributed by atoms with Crippen LogP contribution in [0.4, 0.5) is 0 Å². The van der Waals surface area contributed by atoms with Crippen LogP contribution in [0.15, 0.2) is 24.3 Å². The Hall–Kier alpha value is -1.79. The zero-order chi connectivity index (χ0) is 12.6. The number of aromatic amines is 1. The monoisotopic (exact) mass is 245 g/mol. The van der Waals surface area contributed by atoms with Crippen LogP contribution in [-0.4, -0.2) is 31.8 Å². The highest BCUT2D eigenvalue weighted by Gasteiger charge is 2.38. The molecular formula is C12H15N5O. The number of hydrogen-bond acceptors (Lipinski definition) is 5. The van der Waals surface area contributed by atoms with Gasteiger partial charge in [-0.1, -0.05) is 29.5 Å². The number of fused-ring (bicyclic) bond motifs is 1. The number of aromatic nitrogens is 4. The highest BCUT2D eigenvalue weighted by molar-refractivity contribution is 5.36. The average molecular weight is 245 g/mol. The Kier molecular flexibility index (Phi) is 2.61. The third kappa shape index (κ3) is 1.89. The lowest BCUT2D eigenvalue weighted by molar-refractivity contribution is 0.0117. The summed E-state index contributed by atoms with van der Waals surface area (Å²) in [5, 5.41) is 24.6. The van der Waals surface area contributed by atoms with Crippen LogP contribution in [0.5, 0.6) is 0 Å². The van der Waals surface area contributed by atoms with Gasteiger partial charge in [-0.25, -0.2) is 0 Å². The topological polar surface area (TPSA) is 101 Å². The lowest BCUT2D eigenvalue weighted by atomic mass is 9.75. The molecule has 1 aliphatic carbocycles. The van der Waals surface area contributed by atoms with E-state index in [0.717, 1.165) is 17.5 Å². The van der Waals surface area contributed by atoms with E-state index in [-0.39, 0.29) is 6.04 Å². The van der Waals surface area contributed by atoms with Gasteiger partial charge < -0.3 is 10.8 Å². The number of nitrogens with zero attached hydrogens (tertiary/aromatic N) is 3. The summed E-state index contributed by atoms with van der Waals surface area (Å²) < 4.78 is 0. The smallest absolute Gasteiger partial charge is 0.177 e. The van der Waals surface area contributed by atoms with Crippen LogP contribution in [-0.2, 0) is 18.4 Å². The Morgan fingerprint density at radius 2 is 2.28 bits per heavy atom. The second kappa shape index (κ2) is 4.15. The van der Waals surface area contributed by atoms with Crippen molar-refractivity contribution in [3.8, 4) is 0 Å². The van der Waals surface area contributed by atoms with Crippen molar-refractivity contribution in [3.63, 3.8) is 0 Å². The minimum atomic E-state index is -1.00. The largest absolute Gasteiger partial charge is 0.385 e. The normalized spacial score (nSPS) is 26.9. The Morgan fingerprint density at radius 3 is 3.06 bits per heavy atom. The van der Waals surface area contributed by atoms with E-state index >= 15 is 0 Å². The van der Waals surface area contributed by atoms with E-state index in [2.05, 4.69) is 20.6 Å². The summed E-state index contributed by atoms with van der Waals surface area (Å²) in [6.07, 6.45) is 1.64. The molecular weight excluding hydrogens is 230 g/mol. The van der Waals surface area contributed by atoms with Gasteiger partial charge in [0.1, 0.15) is 0 Å². The Labute approximate surface area is 104 Å². The maximum atomic E-state index is 10.9. The molecule has 6 heteroatoms. The van der Waals surface area contributed by atoms with Gasteiger partial charge in [0.25, 0.3) is 0 Å². The maximum absolute atomic E-state index is 10.9. The van der Waals surface area contributed by atoms with Gasteiger partial charge in [-0.05, 0) is 24.0 Å². The van der Waals surface area contributed by atoms with Crippen molar-refractivity contribution in [2.75, 3.05) is 0 Å². The molecule has 2 atom stereocenters. The lowest BCUT2D eigenvalue weighted by Gasteiger charge is -2.36. The van der Waals surface area contributed by atoms with Crippen LogP contribution in [0, 0.1) is 0 Å². The van der Waals surface area contributed by atoms with Crippen molar-refractivity contribution < 1.29 is 5.11 Å². The average Bonchev–Trinajstić information content (AvgIpc) is 2.81. The molecule has 0 aliphatic heterocycles. The summed E-state index contributed by atoms with van der Waals surface area (Å²) >= 11 is 0. The zero-order valence-electron chi connectivity index (χ0n) is 9.87. The molecule has 0 saturated carbocycles. The predicted molar refractivity (Wildman–Crippen MR) is 64.5 cm³/mol. The molecule has 1 aromatic heterocycles. The van der Waals surface area contributed by atoms with E-state index in [9.17, 15) is 5.11 Å². The Bertz CT molecular complexity index is 541. The number of nitrogens with two attached hydrogens (primary N) is 1. The first-order chi connectivity index (χ1) is 8.67. The number of nitrogens with one attached hydrogen (secondary N) is 1. The molecule has 0 radical (unpaired) electrons. The summed E-state index contributed by atoms with van der Waals surface area (Å²) in [6, 6.07) is 7.80. The predicted octanol–water partition coefficient (Wildman–Crippen LogP) is -0.0965. The van der Waals surface area contributed by atoms with Crippen LogP contribution >= 0.6 is 0 Å². The number of rotatable bonds is 2. The molecule has 0 fully saturated rings. The minimum absolute atomic E-state index is 0.0446. The number of tetrazole rings is 1. The molecule has 0 unspecified atom stereocenters. The fraction of sp³-hybridized carbons (Fsp3) is 0.417. The fourth-order valence-corrected chi connectivity index (χ4v) is 2.74. The number of hydrogen-bond donors (Lipinski definition) is 3. The first kappa shape index (κ1) is 11.3. The Morgan fingerprint density at radius 1 is 1.44 bits per heavy atom. The third-order valence-electron chi connectivity index (χ3n) is 3.44. The second-order valence-electron chi connectivity index (χ2n) is 4.86. The van der Waals surface area contributed by atoms with Crippen molar-refractivity contribution >= 4 is 0 Å². The first-order valence-corrected chi connectivity index (χ1v) is 5.96. The third-order valence-corrected chi connectivity index (χ3v) is 3.44. The van der Waals surface area contributed by atoms with Crippen molar-refractivity contribution in [2.24, 2.45) is 5.73 Å². The van der Waals surface area contributed by atoms with E-state index in [4.69, 9.17) is 5.73 Å². The minimum Gasteiger partial charge on any atom is -0.385 e. The SMILES string of the molecule is N[C@H]1Cc2ccccc2[C@](O)(Cc2nn[nH]n2)C1. The van der Waals surface area contributed by atoms with Crippen molar-refractivity contribution in [3.05, 3.63) is 41.2 Å². The van der Waals surface area contributed by atoms with Gasteiger partial charge in [0, 0.05) is 12.5 Å². The van der Waals surface area contributed by atoms with E-state index in [1.807, 2.05) is 24.3 Å². The lowest BCUT2D eigenvalue weighted by Crippen LogP contribution is -2.43. The van der Waals surface area contributed by atoms with Gasteiger partial charge in [-0.15, -0.1) is 10.2 Å². The van der Waals surface area contributed by atoms with Crippen LogP contribution < -0.4 is 5.73 Å². The summed E-state index contributed by atoms with van der Waals surface area (Å²) in [5.74, 6) is 0.501. The first-order valence-electron chi connectivity index (χ1n) is 5.96. The molecule has 1 heterocycles. The molecule has 3 rings (SSSR count). The molecule has 1 aromatic carbocycles. The summed E-state index contributed by atoms with van der Waals surface area (Å²) in [5.41, 5.74) is 7.05. The highest BCUT2D eigenvalue weighted by Crippen LogP contribution is 2.36. The summed E-state index contributed by atoms with van der Waals surface area (Å²) in [7, 11) is 0. The molecule has 4 N–H and O–H groups in total. The van der Waals surface area contributed by atoms with E-state index in [1.54, 1.807) is 0 Å². The molecule has 94 valence electrons. The second-order valence-corrected chi connectivity index (χ2v) is 4.86. The molecule has 1 aliphatic rings. The van der Waals surface area contributed by atoms with Gasteiger partial charge in [0.2, 0.25) is 0 Å². The van der Waals surface area contributed by atoms with E-state index in [1.165, 1.54) is 0 Å². The van der Waals surface area contributed by atoms with Gasteiger partial charge in [-0.3, -0.25) is 0 Å². The van der Waals surface area contributed by atoms with Gasteiger partial charge >= 0.3 is 0 Å². The molecule has 0 amide bonds. The van der Waals surface area contributed by atoms with Crippen molar-refractivity contribution in [1.82, 2.24) is 20.6 Å². The quantitative estimate of drug-likeness (QED) is 0.686. The summed E-state index contributed by atoms with van der Waals surface area (Å²) in [6.45, 7) is 0. The van der Waals surface area contributed by atoms with Crippen LogP contribution in [0.25, 0.3) is 0 Å². The fourth-order valence-electron chi connectivity index (χ4n) is 2.74. The van der Waals surface area contributed by atoms with Gasteiger partial charge in [0.15, 0.2) is 5.82 Å². The van der Waals surface area contributed by atoms with Crippen LogP contribution in [0.2, 0.25) is 0 Å². The van der Waals surface area contributed by atoms with Gasteiger partial charge in [-0.2, -0.15) is 5.21 Å². The van der Waals surface area contributed by atoms with E-state index in [0.29, 0.717) is 18.7 Å². The molecule has 6 nitrogen and oxygen atoms in total. The van der Waals surface area contributed by atoms with Crippen LogP contribution in [0.1, 0.15) is 23.4 Å². The molecule has 0 bridgehead atoms. The standard InChI is InChI=1S/C12H15N5O/c13-9-5-8-3-1-2-4-10(8)12(18,6-9)7-11-14-16-17-15-11/h1-4,9,18H,5-7,13H2,(H,14,15,16,17)/t9-,12+/m0/s1. The highest BCUT2D eigenvalue weighted by atomic mass is 16.3. The van der Waals surface area contributed by atoms with Crippen LogP contribution in [0.3, 0.4) is 0 Å². The zero-order valence-corrected chi connectivity index (χ0v) is 9.87. The molecule has 2 aromatic rings. The van der Waals surface area contributed by atoms with Crippen molar-refractivity contribution in [2.45, 2.75) is 30.9 Å². The summed E-state index contributed by atoms with van der Waals surface area (Å²) in [4.78, 5) is 0. The number of benzene rings is 1. The van der Waals surface area contributed by atoms with Gasteiger partial charge in [0.05, 0.1) is 5.60 Å². The number of aliphatic hydroxyl groups is 1. The molecule has 0 saturated heterocycles. The molecule has 0 spiro atoms. The number of H-pyrrole nitrogens is 1. The molecule has 18 heavy (non-hydrogen) atoms. The maximum Gasteiger partial charge on any atom is 0.177 e. The van der Waals surface area contributed by atoms with Crippen molar-refractivity contribution in [1.29, 1.82) is 0 Å². The Balaban J connectivity index is 2.00. The van der Waals surface area contributed by atoms with E-state index < -0.39 is 5.60 Å².